The van der Waals surface area contributed by atoms with E-state index in [1.165, 1.54) is 43.9 Å². The number of hydrogen-bond acceptors (Lipinski definition) is 2. The quantitative estimate of drug-likeness (QED) is 0.172. The lowest BCUT2D eigenvalue weighted by atomic mass is 9.95. The second kappa shape index (κ2) is 12.6. The second-order valence-electron chi connectivity index (χ2n) is 14.1. The molecule has 0 unspecified atom stereocenters. The predicted molar refractivity (Wildman–Crippen MR) is 231 cm³/mol. The molecule has 0 aliphatic carbocycles. The third-order valence-corrected chi connectivity index (χ3v) is 11.0. The molecule has 11 rings (SSSR count). The molecule has 0 aliphatic heterocycles. The summed E-state index contributed by atoms with van der Waals surface area (Å²) in [6, 6.07) is 73.9. The topological polar surface area (TPSA) is 21.3 Å². The molecule has 0 saturated heterocycles. The van der Waals surface area contributed by atoms with Gasteiger partial charge < -0.3 is 13.9 Å². The molecular weight excluding hydrogens is 669 g/mol. The molecule has 0 radical (unpaired) electrons. The van der Waals surface area contributed by atoms with E-state index in [2.05, 4.69) is 216 Å². The molecule has 11 aromatic rings. The highest BCUT2D eigenvalue weighted by molar-refractivity contribution is 6.19. The monoisotopic (exact) mass is 702 g/mol. The Labute approximate surface area is 318 Å². The van der Waals surface area contributed by atoms with Gasteiger partial charge in [0.2, 0.25) is 0 Å². The van der Waals surface area contributed by atoms with Gasteiger partial charge in [-0.1, -0.05) is 140 Å². The van der Waals surface area contributed by atoms with Crippen molar-refractivity contribution >= 4 is 71.6 Å². The van der Waals surface area contributed by atoms with Gasteiger partial charge in [0.05, 0.1) is 11.0 Å². The van der Waals surface area contributed by atoms with E-state index in [1.54, 1.807) is 0 Å². The minimum absolute atomic E-state index is 0.869. The number of aromatic nitrogens is 1. The summed E-state index contributed by atoms with van der Waals surface area (Å²) in [6.07, 6.45) is 0. The number of rotatable bonds is 6. The Hall–Kier alpha value is -7.36. The Bertz CT molecular complexity index is 3180. The maximum Gasteiger partial charge on any atom is 0.143 e. The molecule has 0 bridgehead atoms. The molecule has 0 N–H and O–H groups in total. The third-order valence-electron chi connectivity index (χ3n) is 11.0. The molecule has 0 saturated carbocycles. The van der Waals surface area contributed by atoms with Gasteiger partial charge in [-0.25, -0.2) is 0 Å². The van der Waals surface area contributed by atoms with Gasteiger partial charge in [0.25, 0.3) is 0 Å². The Kier molecular flexibility index (Phi) is 7.17. The third kappa shape index (κ3) is 5.13. The molecule has 3 nitrogen and oxygen atoms in total. The zero-order chi connectivity index (χ0) is 36.3. The summed E-state index contributed by atoms with van der Waals surface area (Å²) in [7, 11) is 0. The van der Waals surface area contributed by atoms with Gasteiger partial charge in [0.15, 0.2) is 0 Å². The van der Waals surface area contributed by atoms with Crippen molar-refractivity contribution in [3.63, 3.8) is 0 Å². The summed E-state index contributed by atoms with van der Waals surface area (Å²) in [5, 5.41) is 6.94. The fourth-order valence-corrected chi connectivity index (χ4v) is 8.42. The number of para-hydroxylation sites is 2. The smallest absolute Gasteiger partial charge is 0.143 e. The van der Waals surface area contributed by atoms with Crippen molar-refractivity contribution in [2.45, 2.75) is 0 Å². The van der Waals surface area contributed by atoms with Crippen LogP contribution in [0, 0.1) is 0 Å². The SMILES string of the molecule is c1ccc(-c2ccc(N(c3ccc4oc5c6ccccc6c(-c6ccccc6)cc5c4c3)c3ccc4c5ccccc5n(-c5ccccc5)c4c3)cc2)cc1. The van der Waals surface area contributed by atoms with Crippen molar-refractivity contribution in [3.8, 4) is 27.9 Å². The van der Waals surface area contributed by atoms with Gasteiger partial charge in [0, 0.05) is 49.7 Å². The Morgan fingerprint density at radius 1 is 0.345 bits per heavy atom. The summed E-state index contributed by atoms with van der Waals surface area (Å²) >= 11 is 0. The molecule has 55 heavy (non-hydrogen) atoms. The number of anilines is 3. The van der Waals surface area contributed by atoms with E-state index < -0.39 is 0 Å². The molecule has 3 heteroatoms. The average Bonchev–Trinajstić information content (AvgIpc) is 3.80. The van der Waals surface area contributed by atoms with Crippen LogP contribution in [0.3, 0.4) is 0 Å². The summed E-state index contributed by atoms with van der Waals surface area (Å²) < 4.78 is 9.08. The van der Waals surface area contributed by atoms with E-state index in [-0.39, 0.29) is 0 Å². The maximum absolute atomic E-state index is 6.70. The van der Waals surface area contributed by atoms with E-state index in [0.29, 0.717) is 0 Å². The van der Waals surface area contributed by atoms with Crippen molar-refractivity contribution in [1.29, 1.82) is 0 Å². The summed E-state index contributed by atoms with van der Waals surface area (Å²) in [5.41, 5.74) is 13.2. The number of furan rings is 1. The largest absolute Gasteiger partial charge is 0.455 e. The molecule has 9 aromatic carbocycles. The lowest BCUT2D eigenvalue weighted by molar-refractivity contribution is 0.672. The van der Waals surface area contributed by atoms with Crippen molar-refractivity contribution in [2.75, 3.05) is 4.90 Å². The van der Waals surface area contributed by atoms with Crippen LogP contribution in [-0.4, -0.2) is 4.57 Å². The molecule has 0 spiro atoms. The fourth-order valence-electron chi connectivity index (χ4n) is 8.42. The molecule has 2 heterocycles. The van der Waals surface area contributed by atoms with Gasteiger partial charge in [-0.3, -0.25) is 0 Å². The van der Waals surface area contributed by atoms with E-state index in [0.717, 1.165) is 55.6 Å². The Morgan fingerprint density at radius 2 is 0.909 bits per heavy atom. The van der Waals surface area contributed by atoms with Crippen LogP contribution in [0.15, 0.2) is 211 Å². The lowest BCUT2D eigenvalue weighted by Gasteiger charge is -2.26. The maximum atomic E-state index is 6.70. The van der Waals surface area contributed by atoms with Crippen molar-refractivity contribution in [3.05, 3.63) is 206 Å². The van der Waals surface area contributed by atoms with E-state index in [4.69, 9.17) is 4.42 Å². The number of hydrogen-bond donors (Lipinski definition) is 0. The van der Waals surface area contributed by atoms with Crippen LogP contribution in [0.5, 0.6) is 0 Å². The highest BCUT2D eigenvalue weighted by Crippen LogP contribution is 2.44. The van der Waals surface area contributed by atoms with Gasteiger partial charge in [-0.15, -0.1) is 0 Å². The zero-order valence-electron chi connectivity index (χ0n) is 29.9. The molecule has 0 fully saturated rings. The summed E-state index contributed by atoms with van der Waals surface area (Å²) in [5.74, 6) is 0. The number of nitrogens with zero attached hydrogens (tertiary/aromatic N) is 2. The zero-order valence-corrected chi connectivity index (χ0v) is 29.9. The van der Waals surface area contributed by atoms with Crippen LogP contribution in [0.4, 0.5) is 17.1 Å². The molecule has 0 amide bonds. The number of benzene rings is 9. The Balaban J connectivity index is 1.15. The first-order valence-electron chi connectivity index (χ1n) is 18.8. The van der Waals surface area contributed by atoms with Gasteiger partial charge in [-0.2, -0.15) is 0 Å². The molecule has 258 valence electrons. The predicted octanol–water partition coefficient (Wildman–Crippen LogP) is 14.6. The van der Waals surface area contributed by atoms with Crippen LogP contribution in [-0.2, 0) is 0 Å². The minimum Gasteiger partial charge on any atom is -0.455 e. The highest BCUT2D eigenvalue weighted by atomic mass is 16.3. The highest BCUT2D eigenvalue weighted by Gasteiger charge is 2.20. The summed E-state index contributed by atoms with van der Waals surface area (Å²) in [6.45, 7) is 0. The van der Waals surface area contributed by atoms with Gasteiger partial charge >= 0.3 is 0 Å². The van der Waals surface area contributed by atoms with Crippen LogP contribution in [0.25, 0.3) is 82.5 Å². The van der Waals surface area contributed by atoms with E-state index in [9.17, 15) is 0 Å². The standard InChI is InChI=1S/C52H34N2O/c1-4-14-35(15-5-1)36-24-26-39(27-25-36)53(41-28-30-44-43-21-12-13-23-49(43)54(50(44)33-41)38-18-8-3-9-19-38)40-29-31-51-47(32-40)48-34-46(37-16-6-2-7-17-37)42-20-10-11-22-45(42)52(48)55-51/h1-34H. The van der Waals surface area contributed by atoms with Crippen LogP contribution in [0.2, 0.25) is 0 Å². The summed E-state index contributed by atoms with van der Waals surface area (Å²) in [4.78, 5) is 2.37. The van der Waals surface area contributed by atoms with Crippen LogP contribution < -0.4 is 4.90 Å². The first-order chi connectivity index (χ1) is 27.3. The van der Waals surface area contributed by atoms with Crippen molar-refractivity contribution in [1.82, 2.24) is 4.57 Å². The first kappa shape index (κ1) is 31.2. The van der Waals surface area contributed by atoms with E-state index >= 15 is 0 Å². The van der Waals surface area contributed by atoms with Gasteiger partial charge in [0.1, 0.15) is 11.2 Å². The number of fused-ring (bicyclic) bond motifs is 8. The van der Waals surface area contributed by atoms with E-state index in [1.807, 2.05) is 0 Å². The lowest BCUT2D eigenvalue weighted by Crippen LogP contribution is -2.10. The minimum atomic E-state index is 0.869. The van der Waals surface area contributed by atoms with Gasteiger partial charge in [-0.05, 0) is 94.4 Å². The van der Waals surface area contributed by atoms with Crippen molar-refractivity contribution < 1.29 is 4.42 Å². The molecule has 2 aromatic heterocycles. The van der Waals surface area contributed by atoms with Crippen molar-refractivity contribution in [2.24, 2.45) is 0 Å². The van der Waals surface area contributed by atoms with Crippen LogP contribution >= 0.6 is 0 Å². The first-order valence-corrected chi connectivity index (χ1v) is 18.8. The second-order valence-corrected chi connectivity index (χ2v) is 14.1. The fraction of sp³-hybridized carbons (Fsp3) is 0. The normalized spacial score (nSPS) is 11.6. The molecule has 0 atom stereocenters. The van der Waals surface area contributed by atoms with Crippen LogP contribution in [0.1, 0.15) is 0 Å². The molecular formula is C52H34N2O. The molecule has 0 aliphatic rings. The average molecular weight is 703 g/mol. The Morgan fingerprint density at radius 3 is 1.67 bits per heavy atom.